The van der Waals surface area contributed by atoms with Crippen molar-refractivity contribution in [3.8, 4) is 16.8 Å². The number of amidine groups is 1. The minimum atomic E-state index is 0.702. The Bertz CT molecular complexity index is 2930. The van der Waals surface area contributed by atoms with Crippen molar-refractivity contribution in [2.75, 3.05) is 11.4 Å². The number of allylic oxidation sites excluding steroid dienone is 4. The highest BCUT2D eigenvalue weighted by Gasteiger charge is 2.20. The predicted octanol–water partition coefficient (Wildman–Crippen LogP) is 12.7. The summed E-state index contributed by atoms with van der Waals surface area (Å²) in [4.78, 5) is 7.40. The number of aromatic nitrogens is 1. The van der Waals surface area contributed by atoms with Gasteiger partial charge in [0, 0.05) is 45.6 Å². The first-order chi connectivity index (χ1) is 28.2. The third kappa shape index (κ3) is 6.47. The first-order valence-electron chi connectivity index (χ1n) is 19.5. The highest BCUT2D eigenvalue weighted by atomic mass is 15.1. The second kappa shape index (κ2) is 14.7. The van der Waals surface area contributed by atoms with Gasteiger partial charge in [0.25, 0.3) is 0 Å². The van der Waals surface area contributed by atoms with Gasteiger partial charge in [-0.3, -0.25) is 0 Å². The third-order valence-corrected chi connectivity index (χ3v) is 11.0. The first kappa shape index (κ1) is 34.1. The number of para-hydroxylation sites is 3. The maximum atomic E-state index is 5.13. The molecule has 7 aromatic carbocycles. The smallest absolute Gasteiger partial charge is 0.134 e. The molecule has 0 fully saturated rings. The van der Waals surface area contributed by atoms with Crippen LogP contribution in [0.25, 0.3) is 49.9 Å². The van der Waals surface area contributed by atoms with E-state index in [2.05, 4.69) is 216 Å². The standard InChI is InChI=1S/C53H40N4/c1-37-23-24-40(43-31-32-52-48(36-43)47-20-9-11-22-51(47)57(52)45-17-6-3-7-18-45)27-30-42-15-8-10-21-50(42)56(37)46-19-12-16-44(35-46)53-54-34-33-49(55-53)41-28-25-39(26-29-41)38-13-4-2-5-14-38/h2-29,31-33,35-36H,1,30,34H2,(H,54,55)/b24-23-,40-27+. The molecular weight excluding hydrogens is 693 g/mol. The maximum absolute atomic E-state index is 5.13. The van der Waals surface area contributed by atoms with Crippen molar-refractivity contribution in [2.45, 2.75) is 6.42 Å². The van der Waals surface area contributed by atoms with E-state index in [0.29, 0.717) is 6.54 Å². The Balaban J connectivity index is 0.979. The van der Waals surface area contributed by atoms with Crippen LogP contribution in [0.3, 0.4) is 0 Å². The van der Waals surface area contributed by atoms with E-state index in [-0.39, 0.29) is 0 Å². The van der Waals surface area contributed by atoms with Crippen LogP contribution in [0.1, 0.15) is 22.3 Å². The highest BCUT2D eigenvalue weighted by molar-refractivity contribution is 6.10. The Morgan fingerprint density at radius 3 is 2.04 bits per heavy atom. The molecule has 0 saturated carbocycles. The zero-order valence-electron chi connectivity index (χ0n) is 31.5. The molecule has 0 amide bonds. The Kier molecular flexibility index (Phi) is 8.77. The summed E-state index contributed by atoms with van der Waals surface area (Å²) in [7, 11) is 0. The average Bonchev–Trinajstić information content (AvgIpc) is 3.64. The first-order valence-corrected chi connectivity index (χ1v) is 19.5. The van der Waals surface area contributed by atoms with Crippen molar-refractivity contribution < 1.29 is 0 Å². The molecular formula is C53H40N4. The van der Waals surface area contributed by atoms with Gasteiger partial charge < -0.3 is 14.8 Å². The maximum Gasteiger partial charge on any atom is 0.134 e. The van der Waals surface area contributed by atoms with Crippen LogP contribution in [-0.2, 0) is 6.42 Å². The normalized spacial score (nSPS) is 15.7. The van der Waals surface area contributed by atoms with E-state index in [9.17, 15) is 0 Å². The Labute approximate surface area is 333 Å². The third-order valence-electron chi connectivity index (χ3n) is 11.0. The molecule has 4 heteroatoms. The molecule has 0 saturated heterocycles. The average molecular weight is 733 g/mol. The molecule has 0 spiro atoms. The molecule has 0 bridgehead atoms. The predicted molar refractivity (Wildman–Crippen MR) is 240 cm³/mol. The molecule has 57 heavy (non-hydrogen) atoms. The number of benzene rings is 7. The SMILES string of the molecule is C=C1/C=C\C(c2ccc3c(c2)c2ccccc2n3-c2ccccc2)=C/Cc2ccccc2N1c1cccc(C2=NC(c3ccc(-c4ccccc4)cc3)=CCN2)c1. The molecule has 1 aromatic heterocycles. The van der Waals surface area contributed by atoms with E-state index in [0.717, 1.165) is 57.4 Å². The summed E-state index contributed by atoms with van der Waals surface area (Å²) >= 11 is 0. The van der Waals surface area contributed by atoms with Gasteiger partial charge in [0.15, 0.2) is 0 Å². The molecule has 8 aromatic rings. The van der Waals surface area contributed by atoms with Crippen LogP contribution >= 0.6 is 0 Å². The fraction of sp³-hybridized carbons (Fsp3) is 0.0377. The van der Waals surface area contributed by atoms with Crippen molar-refractivity contribution in [1.29, 1.82) is 0 Å². The monoisotopic (exact) mass is 732 g/mol. The van der Waals surface area contributed by atoms with Gasteiger partial charge in [0.05, 0.1) is 16.7 Å². The van der Waals surface area contributed by atoms with Crippen LogP contribution in [0.15, 0.2) is 217 Å². The summed E-state index contributed by atoms with van der Waals surface area (Å²) < 4.78 is 2.36. The van der Waals surface area contributed by atoms with E-state index in [1.54, 1.807) is 0 Å². The number of nitrogens with zero attached hydrogens (tertiary/aromatic N) is 3. The van der Waals surface area contributed by atoms with Crippen molar-refractivity contribution in [1.82, 2.24) is 9.88 Å². The van der Waals surface area contributed by atoms with Gasteiger partial charge >= 0.3 is 0 Å². The molecule has 1 N–H and O–H groups in total. The number of fused-ring (bicyclic) bond motifs is 4. The lowest BCUT2D eigenvalue weighted by molar-refractivity contribution is 1.02. The van der Waals surface area contributed by atoms with Gasteiger partial charge in [-0.1, -0.05) is 146 Å². The largest absolute Gasteiger partial charge is 0.366 e. The summed E-state index contributed by atoms with van der Waals surface area (Å²) in [5.74, 6) is 0.855. The van der Waals surface area contributed by atoms with Crippen LogP contribution in [0.4, 0.5) is 11.4 Å². The van der Waals surface area contributed by atoms with Gasteiger partial charge in [-0.2, -0.15) is 0 Å². The fourth-order valence-electron chi connectivity index (χ4n) is 8.19. The molecule has 0 atom stereocenters. The minimum Gasteiger partial charge on any atom is -0.366 e. The Morgan fingerprint density at radius 1 is 0.509 bits per heavy atom. The minimum absolute atomic E-state index is 0.702. The molecule has 0 aliphatic carbocycles. The number of aliphatic imine (C=N–C) groups is 1. The summed E-state index contributed by atoms with van der Waals surface area (Å²) in [6, 6.07) is 62.6. The van der Waals surface area contributed by atoms with Crippen LogP contribution in [0.2, 0.25) is 0 Å². The lowest BCUT2D eigenvalue weighted by Crippen LogP contribution is -2.27. The molecule has 10 rings (SSSR count). The van der Waals surface area contributed by atoms with Crippen molar-refractivity contribution >= 4 is 50.3 Å². The molecule has 2 aliphatic heterocycles. The molecule has 4 nitrogen and oxygen atoms in total. The zero-order valence-corrected chi connectivity index (χ0v) is 31.5. The van der Waals surface area contributed by atoms with Gasteiger partial charge in [-0.05, 0) is 100 Å². The molecule has 0 unspecified atom stereocenters. The summed E-state index contributed by atoms with van der Waals surface area (Å²) in [5, 5.41) is 6.01. The Morgan fingerprint density at radius 2 is 1.18 bits per heavy atom. The molecule has 3 heterocycles. The van der Waals surface area contributed by atoms with Crippen molar-refractivity contribution in [3.63, 3.8) is 0 Å². The lowest BCUT2D eigenvalue weighted by atomic mass is 9.99. The lowest BCUT2D eigenvalue weighted by Gasteiger charge is -2.28. The van der Waals surface area contributed by atoms with Crippen LogP contribution in [0, 0.1) is 0 Å². The number of hydrogen-bond donors (Lipinski definition) is 1. The fourth-order valence-corrected chi connectivity index (χ4v) is 8.19. The second-order valence-corrected chi connectivity index (χ2v) is 14.5. The van der Waals surface area contributed by atoms with E-state index >= 15 is 0 Å². The van der Waals surface area contributed by atoms with E-state index in [1.165, 1.54) is 44.1 Å². The summed E-state index contributed by atoms with van der Waals surface area (Å²) in [6.45, 7) is 5.35. The number of rotatable bonds is 6. The van der Waals surface area contributed by atoms with Crippen molar-refractivity contribution in [2.24, 2.45) is 4.99 Å². The molecule has 272 valence electrons. The van der Waals surface area contributed by atoms with Crippen LogP contribution in [-0.4, -0.2) is 16.9 Å². The van der Waals surface area contributed by atoms with Crippen molar-refractivity contribution in [3.05, 3.63) is 235 Å². The topological polar surface area (TPSA) is 32.6 Å². The van der Waals surface area contributed by atoms with Gasteiger partial charge in [-0.15, -0.1) is 0 Å². The van der Waals surface area contributed by atoms with Gasteiger partial charge in [0.1, 0.15) is 5.84 Å². The van der Waals surface area contributed by atoms with E-state index in [4.69, 9.17) is 4.99 Å². The van der Waals surface area contributed by atoms with E-state index < -0.39 is 0 Å². The molecule has 0 radical (unpaired) electrons. The Hall–Kier alpha value is -7.43. The quantitative estimate of drug-likeness (QED) is 0.185. The number of hydrogen-bond acceptors (Lipinski definition) is 3. The van der Waals surface area contributed by atoms with E-state index in [1.807, 2.05) is 6.07 Å². The molecule has 2 aliphatic rings. The van der Waals surface area contributed by atoms with Gasteiger partial charge in [0.2, 0.25) is 0 Å². The summed E-state index contributed by atoms with van der Waals surface area (Å²) in [6.07, 6.45) is 9.64. The number of nitrogens with one attached hydrogen (secondary N) is 1. The van der Waals surface area contributed by atoms with Gasteiger partial charge in [-0.25, -0.2) is 4.99 Å². The van der Waals surface area contributed by atoms with Crippen LogP contribution in [0.5, 0.6) is 0 Å². The number of anilines is 2. The highest BCUT2D eigenvalue weighted by Crippen LogP contribution is 2.38. The zero-order chi connectivity index (χ0) is 38.1. The summed E-state index contributed by atoms with van der Waals surface area (Å²) in [5.41, 5.74) is 15.6. The van der Waals surface area contributed by atoms with Crippen LogP contribution < -0.4 is 10.2 Å². The second-order valence-electron chi connectivity index (χ2n) is 14.5.